The number of hydrogen-bond donors (Lipinski definition) is 1. The maximum absolute atomic E-state index is 4.46. The van der Waals surface area contributed by atoms with E-state index in [0.717, 1.165) is 33.5 Å². The van der Waals surface area contributed by atoms with Crippen LogP contribution in [0.5, 0.6) is 0 Å². The molecule has 0 aliphatic rings. The van der Waals surface area contributed by atoms with Crippen LogP contribution in [0.25, 0.3) is 27.7 Å². The Hall–Kier alpha value is -2.43. The van der Waals surface area contributed by atoms with Gasteiger partial charge in [-0.25, -0.2) is 0 Å². The molecule has 4 aromatic rings. The molecule has 4 rings (SSSR count). The number of benzene rings is 1. The highest BCUT2D eigenvalue weighted by Gasteiger charge is 2.11. The Morgan fingerprint density at radius 2 is 2.06 bits per heavy atom. The zero-order valence-corrected chi connectivity index (χ0v) is 9.18. The molecular weight excluding hydrogens is 214 g/mol. The van der Waals surface area contributed by atoms with Crippen LogP contribution >= 0.6 is 0 Å². The van der Waals surface area contributed by atoms with Crippen LogP contribution < -0.4 is 0 Å². The molecule has 0 aliphatic heterocycles. The van der Waals surface area contributed by atoms with Gasteiger partial charge in [0.25, 0.3) is 0 Å². The van der Waals surface area contributed by atoms with Crippen molar-refractivity contribution in [2.24, 2.45) is 0 Å². The highest BCUT2D eigenvalue weighted by Crippen LogP contribution is 2.23. The third-order valence-corrected chi connectivity index (χ3v) is 3.06. The third kappa shape index (κ3) is 1.00. The summed E-state index contributed by atoms with van der Waals surface area (Å²) in [6, 6.07) is 8.06. The van der Waals surface area contributed by atoms with E-state index >= 15 is 0 Å². The summed E-state index contributed by atoms with van der Waals surface area (Å²) in [6.07, 6.45) is 1.86. The molecule has 1 aromatic carbocycles. The molecule has 0 saturated carbocycles. The summed E-state index contributed by atoms with van der Waals surface area (Å²) in [4.78, 5) is 7.75. The SMILES string of the molecule is Cc1nnc2[nH]c3c4ccccc4ncc3n12. The summed E-state index contributed by atoms with van der Waals surface area (Å²) in [7, 11) is 0. The molecule has 0 bridgehead atoms. The van der Waals surface area contributed by atoms with Gasteiger partial charge in [-0.2, -0.15) is 0 Å². The van der Waals surface area contributed by atoms with Gasteiger partial charge in [0.2, 0.25) is 5.78 Å². The minimum Gasteiger partial charge on any atom is -0.322 e. The van der Waals surface area contributed by atoms with E-state index in [4.69, 9.17) is 0 Å². The zero-order valence-electron chi connectivity index (χ0n) is 9.18. The van der Waals surface area contributed by atoms with Crippen molar-refractivity contribution in [2.75, 3.05) is 0 Å². The molecule has 5 nitrogen and oxygen atoms in total. The van der Waals surface area contributed by atoms with Crippen LogP contribution in [0.2, 0.25) is 0 Å². The lowest BCUT2D eigenvalue weighted by Crippen LogP contribution is -1.86. The van der Waals surface area contributed by atoms with Gasteiger partial charge in [0.05, 0.1) is 22.7 Å². The lowest BCUT2D eigenvalue weighted by Gasteiger charge is -1.98. The molecule has 1 N–H and O–H groups in total. The third-order valence-electron chi connectivity index (χ3n) is 3.06. The maximum atomic E-state index is 4.46. The second kappa shape index (κ2) is 2.82. The molecule has 0 aliphatic carbocycles. The highest BCUT2D eigenvalue weighted by molar-refractivity contribution is 6.03. The Balaban J connectivity index is 2.34. The fourth-order valence-electron chi connectivity index (χ4n) is 2.28. The van der Waals surface area contributed by atoms with Crippen molar-refractivity contribution < 1.29 is 0 Å². The van der Waals surface area contributed by atoms with E-state index in [1.165, 1.54) is 0 Å². The van der Waals surface area contributed by atoms with Crippen molar-refractivity contribution in [3.05, 3.63) is 36.3 Å². The summed E-state index contributed by atoms with van der Waals surface area (Å²) < 4.78 is 1.98. The lowest BCUT2D eigenvalue weighted by atomic mass is 10.2. The van der Waals surface area contributed by atoms with E-state index in [9.17, 15) is 0 Å². The number of rotatable bonds is 0. The maximum Gasteiger partial charge on any atom is 0.233 e. The minimum absolute atomic E-state index is 0.760. The number of imidazole rings is 1. The van der Waals surface area contributed by atoms with E-state index in [1.54, 1.807) is 0 Å². The number of aryl methyl sites for hydroxylation is 1. The smallest absolute Gasteiger partial charge is 0.233 e. The number of nitrogens with one attached hydrogen (secondary N) is 1. The van der Waals surface area contributed by atoms with E-state index < -0.39 is 0 Å². The number of H-pyrrole nitrogens is 1. The first-order valence-electron chi connectivity index (χ1n) is 5.42. The Morgan fingerprint density at radius 3 is 3.00 bits per heavy atom. The summed E-state index contributed by atoms with van der Waals surface area (Å²) in [6.45, 7) is 1.93. The molecule has 5 heteroatoms. The van der Waals surface area contributed by atoms with Crippen LogP contribution in [0, 0.1) is 6.92 Å². The number of aromatic nitrogens is 5. The van der Waals surface area contributed by atoms with Crippen molar-refractivity contribution in [3.63, 3.8) is 0 Å². The second-order valence-electron chi connectivity index (χ2n) is 4.07. The van der Waals surface area contributed by atoms with Crippen molar-refractivity contribution in [2.45, 2.75) is 6.92 Å². The highest BCUT2D eigenvalue weighted by atomic mass is 15.3. The summed E-state index contributed by atoms with van der Waals surface area (Å²) >= 11 is 0. The monoisotopic (exact) mass is 223 g/mol. The van der Waals surface area contributed by atoms with Crippen LogP contribution in [-0.2, 0) is 0 Å². The molecule has 82 valence electrons. The number of aromatic amines is 1. The molecule has 0 amide bonds. The van der Waals surface area contributed by atoms with Crippen LogP contribution in [-0.4, -0.2) is 24.6 Å². The number of para-hydroxylation sites is 1. The van der Waals surface area contributed by atoms with E-state index in [1.807, 2.05) is 35.7 Å². The Morgan fingerprint density at radius 1 is 1.18 bits per heavy atom. The Bertz CT molecular complexity index is 855. The van der Waals surface area contributed by atoms with Gasteiger partial charge in [0, 0.05) is 5.39 Å². The molecule has 0 atom stereocenters. The van der Waals surface area contributed by atoms with Gasteiger partial charge in [0.1, 0.15) is 5.82 Å². The van der Waals surface area contributed by atoms with Gasteiger partial charge in [0.15, 0.2) is 0 Å². The predicted octanol–water partition coefficient (Wildman–Crippen LogP) is 2.07. The van der Waals surface area contributed by atoms with E-state index in [0.29, 0.717) is 0 Å². The second-order valence-corrected chi connectivity index (χ2v) is 4.07. The van der Waals surface area contributed by atoms with Crippen molar-refractivity contribution in [1.29, 1.82) is 0 Å². The average molecular weight is 223 g/mol. The summed E-state index contributed by atoms with van der Waals surface area (Å²) in [5.41, 5.74) is 3.06. The number of hydrogen-bond acceptors (Lipinski definition) is 3. The first-order chi connectivity index (χ1) is 8.34. The average Bonchev–Trinajstić information content (AvgIpc) is 2.90. The fourth-order valence-corrected chi connectivity index (χ4v) is 2.28. The summed E-state index contributed by atoms with van der Waals surface area (Å²) in [5, 5.41) is 9.24. The Kier molecular flexibility index (Phi) is 1.44. The van der Waals surface area contributed by atoms with Gasteiger partial charge in [-0.05, 0) is 13.0 Å². The van der Waals surface area contributed by atoms with E-state index in [2.05, 4.69) is 26.2 Å². The van der Waals surface area contributed by atoms with Gasteiger partial charge in [-0.1, -0.05) is 18.2 Å². The van der Waals surface area contributed by atoms with Crippen LogP contribution in [0.15, 0.2) is 30.5 Å². The van der Waals surface area contributed by atoms with Crippen molar-refractivity contribution in [1.82, 2.24) is 24.6 Å². The summed E-state index contributed by atoms with van der Waals surface area (Å²) in [5.74, 6) is 1.62. The number of fused-ring (bicyclic) bond motifs is 5. The van der Waals surface area contributed by atoms with Gasteiger partial charge < -0.3 is 4.98 Å². The zero-order chi connectivity index (χ0) is 11.4. The largest absolute Gasteiger partial charge is 0.322 e. The first kappa shape index (κ1) is 8.69. The predicted molar refractivity (Wildman–Crippen MR) is 64.9 cm³/mol. The molecule has 0 saturated heterocycles. The fraction of sp³-hybridized carbons (Fsp3) is 0.0833. The first-order valence-corrected chi connectivity index (χ1v) is 5.42. The van der Waals surface area contributed by atoms with Gasteiger partial charge >= 0.3 is 0 Å². The number of nitrogens with zero attached hydrogens (tertiary/aromatic N) is 4. The molecule has 0 fully saturated rings. The van der Waals surface area contributed by atoms with Gasteiger partial charge in [-0.3, -0.25) is 9.38 Å². The molecule has 0 unspecified atom stereocenters. The molecule has 17 heavy (non-hydrogen) atoms. The molecule has 3 heterocycles. The molecule has 0 radical (unpaired) electrons. The standard InChI is InChI=1S/C12H9N5/c1-7-15-16-12-14-11-8-4-2-3-5-9(8)13-6-10(11)17(7)12/h2-6H,1H3,(H,14,16). The number of pyridine rings is 1. The molecular formula is C12H9N5. The molecule has 3 aromatic heterocycles. The Labute approximate surface area is 96.1 Å². The van der Waals surface area contributed by atoms with Crippen molar-refractivity contribution in [3.8, 4) is 0 Å². The van der Waals surface area contributed by atoms with Crippen molar-refractivity contribution >= 4 is 27.7 Å². The van der Waals surface area contributed by atoms with Crippen LogP contribution in [0.3, 0.4) is 0 Å². The van der Waals surface area contributed by atoms with E-state index in [-0.39, 0.29) is 0 Å². The quantitative estimate of drug-likeness (QED) is 0.496. The topological polar surface area (TPSA) is 58.9 Å². The van der Waals surface area contributed by atoms with Crippen LogP contribution in [0.1, 0.15) is 5.82 Å². The lowest BCUT2D eigenvalue weighted by molar-refractivity contribution is 1.02. The normalized spacial score (nSPS) is 11.8. The van der Waals surface area contributed by atoms with Gasteiger partial charge in [-0.15, -0.1) is 10.2 Å². The minimum atomic E-state index is 0.760. The van der Waals surface area contributed by atoms with Crippen LogP contribution in [0.4, 0.5) is 0 Å². The molecule has 0 spiro atoms.